The van der Waals surface area contributed by atoms with Crippen molar-refractivity contribution in [3.05, 3.63) is 54.4 Å². The lowest BCUT2D eigenvalue weighted by atomic mass is 9.95. The van der Waals surface area contributed by atoms with E-state index in [0.717, 1.165) is 50.4 Å². The zero-order chi connectivity index (χ0) is 22.1. The zero-order valence-corrected chi connectivity index (χ0v) is 19.0. The number of carbonyl (C=O) groups excluding carboxylic acids is 1. The van der Waals surface area contributed by atoms with Crippen molar-refractivity contribution in [1.82, 2.24) is 15.2 Å². The van der Waals surface area contributed by atoms with E-state index >= 15 is 0 Å². The molecule has 2 saturated heterocycles. The summed E-state index contributed by atoms with van der Waals surface area (Å²) >= 11 is 0. The molecule has 1 aliphatic carbocycles. The van der Waals surface area contributed by atoms with Crippen LogP contribution in [-0.4, -0.2) is 60.5 Å². The molecule has 1 atom stereocenters. The molecule has 1 spiro atoms. The van der Waals surface area contributed by atoms with Crippen LogP contribution in [-0.2, 0) is 6.54 Å². The minimum atomic E-state index is -0.452. The Labute approximate surface area is 190 Å². The number of amidine groups is 1. The second-order valence-electron chi connectivity index (χ2n) is 9.45. The van der Waals surface area contributed by atoms with E-state index in [0.29, 0.717) is 6.04 Å². The van der Waals surface area contributed by atoms with Gasteiger partial charge in [0.05, 0.1) is 17.9 Å². The first-order valence-corrected chi connectivity index (χ1v) is 11.6. The molecule has 2 amide bonds. The molecule has 3 heterocycles. The molecule has 3 fully saturated rings. The number of benzene rings is 1. The van der Waals surface area contributed by atoms with E-state index in [1.54, 1.807) is 12.4 Å². The van der Waals surface area contributed by atoms with Crippen LogP contribution in [0.5, 0.6) is 0 Å². The molecular weight excluding hydrogens is 400 g/mol. The molecule has 1 aromatic carbocycles. The Hall–Kier alpha value is -2.93. The molecule has 2 aromatic rings. The number of hydrogen-bond donors (Lipinski definition) is 1. The lowest BCUT2D eigenvalue weighted by molar-refractivity contribution is 0.250. The van der Waals surface area contributed by atoms with Crippen LogP contribution in [0, 0.1) is 0 Å². The largest absolute Gasteiger partial charge is 0.378 e. The number of likely N-dealkylation sites (tertiary alicyclic amines) is 1. The van der Waals surface area contributed by atoms with E-state index in [-0.39, 0.29) is 6.03 Å². The van der Waals surface area contributed by atoms with Crippen molar-refractivity contribution in [1.29, 1.82) is 0 Å². The van der Waals surface area contributed by atoms with Gasteiger partial charge in [-0.15, -0.1) is 0 Å². The van der Waals surface area contributed by atoms with Gasteiger partial charge in [-0.05, 0) is 49.1 Å². The highest BCUT2D eigenvalue weighted by molar-refractivity contribution is 6.19. The molecule has 32 heavy (non-hydrogen) atoms. The second kappa shape index (κ2) is 8.54. The maximum atomic E-state index is 13.2. The van der Waals surface area contributed by atoms with Crippen LogP contribution < -0.4 is 15.1 Å². The van der Waals surface area contributed by atoms with Gasteiger partial charge in [-0.2, -0.15) is 0 Å². The van der Waals surface area contributed by atoms with Crippen LogP contribution >= 0.6 is 0 Å². The first kappa shape index (κ1) is 20.9. The number of anilines is 2. The van der Waals surface area contributed by atoms with Crippen LogP contribution in [0.15, 0.2) is 53.8 Å². The number of aromatic nitrogens is 1. The molecular formula is C25H32N6O. The molecule has 1 saturated carbocycles. The number of rotatable bonds is 5. The fraction of sp³-hybridized carbons (Fsp3) is 0.480. The molecule has 0 bridgehead atoms. The van der Waals surface area contributed by atoms with Crippen LogP contribution in [0.4, 0.5) is 16.2 Å². The number of hydrogen-bond acceptors (Lipinski definition) is 5. The van der Waals surface area contributed by atoms with E-state index in [1.807, 2.05) is 17.0 Å². The lowest BCUT2D eigenvalue weighted by Gasteiger charge is -2.33. The summed E-state index contributed by atoms with van der Waals surface area (Å²) in [6.45, 7) is 2.55. The predicted octanol–water partition coefficient (Wildman–Crippen LogP) is 3.66. The quantitative estimate of drug-likeness (QED) is 0.783. The smallest absolute Gasteiger partial charge is 0.328 e. The molecule has 1 N–H and O–H groups in total. The highest BCUT2D eigenvalue weighted by atomic mass is 16.2. The summed E-state index contributed by atoms with van der Waals surface area (Å²) in [6, 6.07) is 12.8. The minimum Gasteiger partial charge on any atom is -0.378 e. The van der Waals surface area contributed by atoms with Gasteiger partial charge < -0.3 is 4.90 Å². The van der Waals surface area contributed by atoms with Gasteiger partial charge in [-0.3, -0.25) is 25.1 Å². The molecule has 1 aromatic heterocycles. The monoisotopic (exact) mass is 432 g/mol. The van der Waals surface area contributed by atoms with Gasteiger partial charge in [0, 0.05) is 45.6 Å². The predicted molar refractivity (Wildman–Crippen MR) is 128 cm³/mol. The van der Waals surface area contributed by atoms with Crippen molar-refractivity contribution >= 4 is 23.2 Å². The highest BCUT2D eigenvalue weighted by Crippen LogP contribution is 2.38. The number of carbonyl (C=O) groups is 1. The Morgan fingerprint density at radius 1 is 1.19 bits per heavy atom. The van der Waals surface area contributed by atoms with Crippen molar-refractivity contribution in [2.45, 2.75) is 50.2 Å². The summed E-state index contributed by atoms with van der Waals surface area (Å²) < 4.78 is 0. The Morgan fingerprint density at radius 3 is 2.66 bits per heavy atom. The molecule has 2 aliphatic heterocycles. The van der Waals surface area contributed by atoms with Gasteiger partial charge in [0.15, 0.2) is 0 Å². The molecule has 168 valence electrons. The van der Waals surface area contributed by atoms with Crippen LogP contribution in [0.3, 0.4) is 0 Å². The molecule has 0 radical (unpaired) electrons. The first-order valence-electron chi connectivity index (χ1n) is 11.6. The third kappa shape index (κ3) is 3.86. The van der Waals surface area contributed by atoms with Gasteiger partial charge in [-0.1, -0.05) is 25.0 Å². The van der Waals surface area contributed by atoms with Crippen molar-refractivity contribution in [2.75, 3.05) is 37.0 Å². The van der Waals surface area contributed by atoms with Gasteiger partial charge in [0.25, 0.3) is 0 Å². The van der Waals surface area contributed by atoms with Crippen molar-refractivity contribution in [3.8, 4) is 0 Å². The summed E-state index contributed by atoms with van der Waals surface area (Å²) in [5, 5.41) is 3.14. The topological polar surface area (TPSA) is 64.1 Å². The van der Waals surface area contributed by atoms with Crippen molar-refractivity contribution < 1.29 is 4.79 Å². The molecule has 3 aliphatic rings. The van der Waals surface area contributed by atoms with Gasteiger partial charge in [0.1, 0.15) is 11.4 Å². The minimum absolute atomic E-state index is 0.0908. The second-order valence-corrected chi connectivity index (χ2v) is 9.45. The third-order valence-electron chi connectivity index (χ3n) is 7.02. The average Bonchev–Trinajstić information content (AvgIpc) is 3.51. The fourth-order valence-electron chi connectivity index (χ4n) is 5.33. The van der Waals surface area contributed by atoms with Gasteiger partial charge in [-0.25, -0.2) is 4.79 Å². The number of amides is 2. The Morgan fingerprint density at radius 2 is 1.97 bits per heavy atom. The third-order valence-corrected chi connectivity index (χ3v) is 7.02. The van der Waals surface area contributed by atoms with E-state index in [1.165, 1.54) is 24.1 Å². The maximum Gasteiger partial charge on any atom is 0.328 e. The molecule has 7 nitrogen and oxygen atoms in total. The first-order chi connectivity index (χ1) is 15.5. The van der Waals surface area contributed by atoms with Crippen LogP contribution in [0.2, 0.25) is 0 Å². The van der Waals surface area contributed by atoms with Crippen molar-refractivity contribution in [2.24, 2.45) is 4.99 Å². The fourth-order valence-corrected chi connectivity index (χ4v) is 5.33. The highest BCUT2D eigenvalue weighted by Gasteiger charge is 2.55. The Bertz CT molecular complexity index is 983. The summed E-state index contributed by atoms with van der Waals surface area (Å²) in [5.74, 6) is 0.851. The normalized spacial score (nSPS) is 25.2. The maximum absolute atomic E-state index is 13.2. The van der Waals surface area contributed by atoms with Crippen LogP contribution in [0.1, 0.15) is 37.7 Å². The summed E-state index contributed by atoms with van der Waals surface area (Å²) in [7, 11) is 4.11. The summed E-state index contributed by atoms with van der Waals surface area (Å²) in [4.78, 5) is 29.0. The number of aliphatic imine (C=N–C) groups is 1. The lowest BCUT2D eigenvalue weighted by Crippen LogP contribution is -2.52. The molecule has 1 unspecified atom stereocenters. The molecule has 5 rings (SSSR count). The summed E-state index contributed by atoms with van der Waals surface area (Å²) in [5.41, 5.74) is 2.86. The van der Waals surface area contributed by atoms with Gasteiger partial charge in [0.2, 0.25) is 0 Å². The standard InChI is InChI=1S/C25H32N6O/c1-29(2)21-11-9-19(10-12-21)17-30-15-13-25(18-30)23(27-20-6-3-4-7-20)28-24(32)31(25)22-8-5-14-26-16-22/h5,8-12,14,16,20H,3-4,6-7,13,15,17-18H2,1-2H3,(H,27,28,32). The van der Waals surface area contributed by atoms with E-state index < -0.39 is 5.54 Å². The van der Waals surface area contributed by atoms with Crippen molar-refractivity contribution in [3.63, 3.8) is 0 Å². The average molecular weight is 433 g/mol. The Balaban J connectivity index is 1.43. The summed E-state index contributed by atoms with van der Waals surface area (Å²) in [6.07, 6.45) is 9.07. The Kier molecular flexibility index (Phi) is 5.59. The van der Waals surface area contributed by atoms with E-state index in [9.17, 15) is 4.79 Å². The zero-order valence-electron chi connectivity index (χ0n) is 19.0. The SMILES string of the molecule is CN(C)c1ccc(CN2CCC3(C2)C(=NC2CCCC2)NC(=O)N3c2cccnc2)cc1. The van der Waals surface area contributed by atoms with Gasteiger partial charge >= 0.3 is 6.03 Å². The molecule has 7 heteroatoms. The number of nitrogens with one attached hydrogen (secondary N) is 1. The van der Waals surface area contributed by atoms with Crippen LogP contribution in [0.25, 0.3) is 0 Å². The number of pyridine rings is 1. The number of nitrogens with zero attached hydrogens (tertiary/aromatic N) is 5. The number of urea groups is 1. The van der Waals surface area contributed by atoms with E-state index in [2.05, 4.69) is 58.5 Å². The van der Waals surface area contributed by atoms with E-state index in [4.69, 9.17) is 4.99 Å².